The van der Waals surface area contributed by atoms with E-state index in [1.165, 1.54) is 16.8 Å². The first-order chi connectivity index (χ1) is 15.5. The molecule has 180 valence electrons. The number of rotatable bonds is 4. The first kappa shape index (κ1) is 26.0. The van der Waals surface area contributed by atoms with Gasteiger partial charge in [-0.1, -0.05) is 45.9 Å². The molecule has 0 aliphatic carbocycles. The number of nitrogens with zero attached hydrogens (tertiary/aromatic N) is 2. The normalized spacial score (nSPS) is 17.8. The molecule has 1 saturated heterocycles. The Balaban J connectivity index is 0.000000331. The number of alkyl halides is 1. The minimum absolute atomic E-state index is 0. The van der Waals surface area contributed by atoms with Crippen molar-refractivity contribution >= 4 is 11.4 Å². The summed E-state index contributed by atoms with van der Waals surface area (Å²) in [5, 5.41) is 3.28. The third-order valence-electron chi connectivity index (χ3n) is 5.87. The third-order valence-corrected chi connectivity index (χ3v) is 5.87. The number of halogens is 1. The molecule has 1 fully saturated rings. The summed E-state index contributed by atoms with van der Waals surface area (Å²) in [4.78, 5) is 4.64. The molecule has 2 heterocycles. The molecule has 32 heavy (non-hydrogen) atoms. The Labute approximate surface area is 196 Å². The molecule has 0 spiro atoms. The van der Waals surface area contributed by atoms with Crippen molar-refractivity contribution in [3.8, 4) is 5.75 Å². The number of piperazine rings is 1. The van der Waals surface area contributed by atoms with E-state index in [0.717, 1.165) is 44.2 Å². The highest BCUT2D eigenvalue weighted by Crippen LogP contribution is 2.27. The Morgan fingerprint density at radius 1 is 1.12 bits per heavy atom. The summed E-state index contributed by atoms with van der Waals surface area (Å²) in [5.74, 6) is 1.55. The van der Waals surface area contributed by atoms with Crippen LogP contribution in [0.3, 0.4) is 0 Å². The summed E-state index contributed by atoms with van der Waals surface area (Å²) in [6.45, 7) is 17.6. The zero-order valence-corrected chi connectivity index (χ0v) is 20.8. The lowest BCUT2D eigenvalue weighted by molar-refractivity contribution is 0.175. The highest BCUT2D eigenvalue weighted by Gasteiger charge is 2.23. The highest BCUT2D eigenvalue weighted by molar-refractivity contribution is 5.59. The van der Waals surface area contributed by atoms with Crippen LogP contribution < -0.4 is 15.0 Å². The van der Waals surface area contributed by atoms with Gasteiger partial charge in [0, 0.05) is 45.9 Å². The number of fused-ring (bicyclic) bond motifs is 1. The van der Waals surface area contributed by atoms with E-state index in [1.54, 1.807) is 0 Å². The Morgan fingerprint density at radius 2 is 1.84 bits per heavy atom. The second-order valence-corrected chi connectivity index (χ2v) is 8.54. The van der Waals surface area contributed by atoms with Gasteiger partial charge in [0.05, 0.1) is 5.69 Å². The van der Waals surface area contributed by atoms with E-state index in [0.29, 0.717) is 18.5 Å². The van der Waals surface area contributed by atoms with E-state index in [9.17, 15) is 4.39 Å². The van der Waals surface area contributed by atoms with Crippen molar-refractivity contribution in [2.75, 3.05) is 56.2 Å². The fraction of sp³-hybridized carbons (Fsp3) is 0.556. The zero-order valence-electron chi connectivity index (χ0n) is 20.8. The van der Waals surface area contributed by atoms with E-state index in [1.807, 2.05) is 19.9 Å². The summed E-state index contributed by atoms with van der Waals surface area (Å²) in [7, 11) is 0. The molecule has 0 radical (unpaired) electrons. The Kier molecular flexibility index (Phi) is 10.8. The molecule has 2 aliphatic heterocycles. The van der Waals surface area contributed by atoms with Crippen molar-refractivity contribution in [3.63, 3.8) is 0 Å². The largest absolute Gasteiger partial charge is 0.490 e. The number of benzene rings is 2. The minimum atomic E-state index is -0.243. The number of aryl methyl sites for hydroxylation is 1. The maximum absolute atomic E-state index is 12.4. The van der Waals surface area contributed by atoms with Crippen molar-refractivity contribution in [2.45, 2.75) is 53.5 Å². The molecule has 4 nitrogen and oxygen atoms in total. The zero-order chi connectivity index (χ0) is 23.5. The molecule has 0 aromatic heterocycles. The van der Waals surface area contributed by atoms with Crippen LogP contribution in [0.1, 0.15) is 53.1 Å². The fourth-order valence-corrected chi connectivity index (χ4v) is 4.00. The summed E-state index contributed by atoms with van der Waals surface area (Å²) >= 11 is 0. The molecule has 1 N–H and O–H groups in total. The fourth-order valence-electron chi connectivity index (χ4n) is 4.00. The van der Waals surface area contributed by atoms with Crippen molar-refractivity contribution in [2.24, 2.45) is 0 Å². The molecule has 2 aliphatic rings. The Bertz CT molecular complexity index is 800. The Hall–Kier alpha value is -2.27. The Morgan fingerprint density at radius 3 is 2.47 bits per heavy atom. The van der Waals surface area contributed by atoms with Crippen LogP contribution in [0.5, 0.6) is 5.75 Å². The summed E-state index contributed by atoms with van der Waals surface area (Å²) < 4.78 is 17.9. The van der Waals surface area contributed by atoms with Gasteiger partial charge < -0.3 is 15.0 Å². The molecule has 0 amide bonds. The van der Waals surface area contributed by atoms with Crippen LogP contribution in [0.4, 0.5) is 15.8 Å². The molecule has 1 unspecified atom stereocenters. The van der Waals surface area contributed by atoms with Crippen LogP contribution in [0.15, 0.2) is 42.5 Å². The number of hydrogen-bond donors (Lipinski definition) is 1. The first-order valence-corrected chi connectivity index (χ1v) is 12.1. The van der Waals surface area contributed by atoms with Gasteiger partial charge in [0.25, 0.3) is 0 Å². The lowest BCUT2D eigenvalue weighted by atomic mass is 10.0. The number of hydrogen-bond acceptors (Lipinski definition) is 4. The molecule has 1 atom stereocenters. The summed E-state index contributed by atoms with van der Waals surface area (Å²) in [6, 6.07) is 15.5. The van der Waals surface area contributed by atoms with Gasteiger partial charge in [-0.2, -0.15) is 0 Å². The van der Waals surface area contributed by atoms with Crippen LogP contribution >= 0.6 is 0 Å². The van der Waals surface area contributed by atoms with Gasteiger partial charge in [-0.15, -0.1) is 0 Å². The minimum Gasteiger partial charge on any atom is -0.490 e. The van der Waals surface area contributed by atoms with Gasteiger partial charge in [0.1, 0.15) is 19.0 Å². The molecular formula is C27H44FN3O. The lowest BCUT2D eigenvalue weighted by Crippen LogP contribution is -2.52. The van der Waals surface area contributed by atoms with Crippen LogP contribution in [0.25, 0.3) is 0 Å². The van der Waals surface area contributed by atoms with Crippen LogP contribution in [0, 0.1) is 6.92 Å². The van der Waals surface area contributed by atoms with E-state index in [4.69, 9.17) is 4.74 Å². The van der Waals surface area contributed by atoms with Gasteiger partial charge in [-0.05, 0) is 55.2 Å². The molecule has 5 heteroatoms. The second kappa shape index (κ2) is 13.3. The predicted octanol–water partition coefficient (Wildman–Crippen LogP) is 6.36. The lowest BCUT2D eigenvalue weighted by Gasteiger charge is -2.40. The molecule has 2 aromatic rings. The van der Waals surface area contributed by atoms with Gasteiger partial charge in [-0.25, -0.2) is 4.39 Å². The van der Waals surface area contributed by atoms with Crippen LogP contribution in [0.2, 0.25) is 0 Å². The molecular weight excluding hydrogens is 401 g/mol. The molecule has 0 saturated carbocycles. The van der Waals surface area contributed by atoms with E-state index >= 15 is 0 Å². The predicted molar refractivity (Wildman–Crippen MR) is 138 cm³/mol. The maximum Gasteiger partial charge on any atom is 0.142 e. The van der Waals surface area contributed by atoms with Crippen LogP contribution in [-0.2, 0) is 0 Å². The second-order valence-electron chi connectivity index (χ2n) is 8.54. The first-order valence-electron chi connectivity index (χ1n) is 12.1. The summed E-state index contributed by atoms with van der Waals surface area (Å²) in [5.41, 5.74) is 5.06. The van der Waals surface area contributed by atoms with Crippen LogP contribution in [-0.4, -0.2) is 56.9 Å². The molecule has 0 bridgehead atoms. The van der Waals surface area contributed by atoms with Crippen molar-refractivity contribution in [1.82, 2.24) is 4.90 Å². The van der Waals surface area contributed by atoms with Gasteiger partial charge in [0.15, 0.2) is 0 Å². The smallest absolute Gasteiger partial charge is 0.142 e. The number of nitrogens with one attached hydrogen (secondary N) is 1. The molecule has 2 aromatic carbocycles. The average molecular weight is 446 g/mol. The SMILES string of the molecule is CC.CC(C)c1ccc(N2CCN(CCF)C(C)C2)cc1.Cc1ccc2c(c1)NCCO2.[HH]. The molecule has 4 rings (SSSR count). The van der Waals surface area contributed by atoms with Crippen molar-refractivity contribution < 1.29 is 10.6 Å². The van der Waals surface area contributed by atoms with E-state index in [-0.39, 0.29) is 8.10 Å². The quantitative estimate of drug-likeness (QED) is 0.592. The van der Waals surface area contributed by atoms with E-state index < -0.39 is 0 Å². The maximum atomic E-state index is 12.4. The average Bonchev–Trinajstić information content (AvgIpc) is 2.82. The monoisotopic (exact) mass is 445 g/mol. The van der Waals surface area contributed by atoms with Crippen molar-refractivity contribution in [1.29, 1.82) is 0 Å². The standard InChI is InChI=1S/C16H25FN2.C9H11NO.C2H6.H2/c1-13(2)15-4-6-16(7-5-15)19-11-10-18(9-8-17)14(3)12-19;1-7-2-3-9-8(6-7)10-4-5-11-9;1-2;/h4-7,13-14H,8-12H2,1-3H3;2-3,6,10H,4-5H2,1H3;1-2H3;1H. The van der Waals surface area contributed by atoms with Gasteiger partial charge in [-0.3, -0.25) is 4.90 Å². The van der Waals surface area contributed by atoms with Gasteiger partial charge >= 0.3 is 0 Å². The third kappa shape index (κ3) is 7.40. The van der Waals surface area contributed by atoms with Crippen molar-refractivity contribution in [3.05, 3.63) is 53.6 Å². The van der Waals surface area contributed by atoms with E-state index in [2.05, 4.69) is 79.2 Å². The number of ether oxygens (including phenoxy) is 1. The number of anilines is 2. The highest BCUT2D eigenvalue weighted by atomic mass is 19.1. The summed E-state index contributed by atoms with van der Waals surface area (Å²) in [6.07, 6.45) is 0. The topological polar surface area (TPSA) is 27.7 Å². The van der Waals surface area contributed by atoms with Gasteiger partial charge in [0.2, 0.25) is 0 Å².